The highest BCUT2D eigenvalue weighted by Crippen LogP contribution is 2.21. The lowest BCUT2D eigenvalue weighted by atomic mass is 10.2. The van der Waals surface area contributed by atoms with Gasteiger partial charge < -0.3 is 14.4 Å². The van der Waals surface area contributed by atoms with E-state index in [4.69, 9.17) is 9.52 Å². The number of likely N-dealkylation sites (tertiary alicyclic amines) is 1. The van der Waals surface area contributed by atoms with Crippen LogP contribution >= 0.6 is 0 Å². The van der Waals surface area contributed by atoms with Gasteiger partial charge >= 0.3 is 5.97 Å². The minimum absolute atomic E-state index is 0.237. The highest BCUT2D eigenvalue weighted by atomic mass is 16.4. The average Bonchev–Trinajstić information content (AvgIpc) is 2.96. The van der Waals surface area contributed by atoms with E-state index in [0.717, 1.165) is 0 Å². The van der Waals surface area contributed by atoms with Crippen LogP contribution in [0, 0.1) is 0 Å². The van der Waals surface area contributed by atoms with Gasteiger partial charge in [0, 0.05) is 13.0 Å². The Labute approximate surface area is 98.2 Å². The number of hydrogen-bond donors (Lipinski definition) is 1. The molecular formula is C11H14N2O4. The van der Waals surface area contributed by atoms with Crippen LogP contribution in [0.5, 0.6) is 0 Å². The predicted molar refractivity (Wildman–Crippen MR) is 57.6 cm³/mol. The number of hydrogen-bond acceptors (Lipinski definition) is 4. The molecule has 1 aliphatic heterocycles. The van der Waals surface area contributed by atoms with Gasteiger partial charge in [-0.3, -0.25) is 4.79 Å². The zero-order valence-electron chi connectivity index (χ0n) is 9.55. The average molecular weight is 238 g/mol. The summed E-state index contributed by atoms with van der Waals surface area (Å²) in [6, 6.07) is -0.732. The van der Waals surface area contributed by atoms with Crippen molar-refractivity contribution in [2.75, 3.05) is 6.54 Å². The van der Waals surface area contributed by atoms with Crippen molar-refractivity contribution in [2.45, 2.75) is 32.2 Å². The molecule has 6 heteroatoms. The second-order valence-corrected chi connectivity index (χ2v) is 3.97. The van der Waals surface area contributed by atoms with Crippen LogP contribution in [0.25, 0.3) is 0 Å². The van der Waals surface area contributed by atoms with E-state index in [-0.39, 0.29) is 11.6 Å². The lowest BCUT2D eigenvalue weighted by Gasteiger charge is -2.20. The van der Waals surface area contributed by atoms with E-state index in [1.54, 1.807) is 0 Å². The number of aromatic nitrogens is 1. The van der Waals surface area contributed by atoms with Crippen molar-refractivity contribution in [2.24, 2.45) is 0 Å². The molecule has 1 fully saturated rings. The van der Waals surface area contributed by atoms with Gasteiger partial charge in [-0.05, 0) is 12.8 Å². The maximum atomic E-state index is 12.1. The first kappa shape index (κ1) is 11.6. The van der Waals surface area contributed by atoms with Gasteiger partial charge in [0.15, 0.2) is 12.1 Å². The molecule has 6 nitrogen and oxygen atoms in total. The molecule has 1 aliphatic rings. The summed E-state index contributed by atoms with van der Waals surface area (Å²) in [4.78, 5) is 28.4. The topological polar surface area (TPSA) is 83.6 Å². The molecule has 0 aromatic carbocycles. The standard InChI is InChI=1S/C11H14N2O4/c1-2-8-9(12-6-17-8)10(14)13-5-3-4-7(13)11(15)16/h6-7H,2-5H2,1H3,(H,15,16). The summed E-state index contributed by atoms with van der Waals surface area (Å²) in [5.41, 5.74) is 0.237. The molecule has 0 radical (unpaired) electrons. The number of oxazole rings is 1. The minimum Gasteiger partial charge on any atom is -0.480 e. The molecular weight excluding hydrogens is 224 g/mol. The van der Waals surface area contributed by atoms with Crippen LogP contribution in [0.2, 0.25) is 0 Å². The van der Waals surface area contributed by atoms with E-state index in [9.17, 15) is 9.59 Å². The molecule has 0 saturated carbocycles. The van der Waals surface area contributed by atoms with Crippen molar-refractivity contribution in [1.29, 1.82) is 0 Å². The molecule has 1 saturated heterocycles. The first-order valence-electron chi connectivity index (χ1n) is 5.61. The molecule has 17 heavy (non-hydrogen) atoms. The number of carboxylic acids is 1. The molecule has 2 heterocycles. The van der Waals surface area contributed by atoms with Crippen LogP contribution in [-0.2, 0) is 11.2 Å². The van der Waals surface area contributed by atoms with Gasteiger partial charge in [0.1, 0.15) is 11.8 Å². The minimum atomic E-state index is -0.961. The zero-order chi connectivity index (χ0) is 12.4. The van der Waals surface area contributed by atoms with E-state index >= 15 is 0 Å². The van der Waals surface area contributed by atoms with Gasteiger partial charge in [0.05, 0.1) is 0 Å². The van der Waals surface area contributed by atoms with E-state index in [2.05, 4.69) is 4.98 Å². The highest BCUT2D eigenvalue weighted by Gasteiger charge is 2.36. The second-order valence-electron chi connectivity index (χ2n) is 3.97. The van der Waals surface area contributed by atoms with Crippen LogP contribution in [0.1, 0.15) is 36.0 Å². The van der Waals surface area contributed by atoms with E-state index in [1.807, 2.05) is 6.92 Å². The third kappa shape index (κ3) is 2.02. The third-order valence-electron chi connectivity index (χ3n) is 2.96. The Morgan fingerprint density at radius 2 is 2.41 bits per heavy atom. The Bertz CT molecular complexity index is 440. The normalized spacial score (nSPS) is 19.6. The van der Waals surface area contributed by atoms with E-state index in [0.29, 0.717) is 31.6 Å². The third-order valence-corrected chi connectivity index (χ3v) is 2.96. The fraction of sp³-hybridized carbons (Fsp3) is 0.545. The molecule has 1 atom stereocenters. The van der Waals surface area contributed by atoms with E-state index < -0.39 is 12.0 Å². The predicted octanol–water partition coefficient (Wildman–Crippen LogP) is 0.926. The Kier molecular flexibility index (Phi) is 3.12. The molecule has 1 aromatic rings. The number of aliphatic carboxylic acids is 1. The summed E-state index contributed by atoms with van der Waals surface area (Å²) in [6.07, 6.45) is 2.99. The second kappa shape index (κ2) is 4.57. The SMILES string of the molecule is CCc1ocnc1C(=O)N1CCCC1C(=O)O. The largest absolute Gasteiger partial charge is 0.480 e. The fourth-order valence-corrected chi connectivity index (χ4v) is 2.10. The summed E-state index contributed by atoms with van der Waals surface area (Å²) in [5.74, 6) is -0.802. The van der Waals surface area contributed by atoms with Crippen molar-refractivity contribution in [3.63, 3.8) is 0 Å². The van der Waals surface area contributed by atoms with Crippen LogP contribution in [-0.4, -0.2) is 39.5 Å². The van der Waals surface area contributed by atoms with Gasteiger partial charge in [0.2, 0.25) is 0 Å². The number of carbonyl (C=O) groups is 2. The summed E-state index contributed by atoms with van der Waals surface area (Å²) < 4.78 is 5.08. The molecule has 0 spiro atoms. The summed E-state index contributed by atoms with van der Waals surface area (Å²) in [5, 5.41) is 9.02. The van der Waals surface area contributed by atoms with Crippen LogP contribution < -0.4 is 0 Å². The molecule has 92 valence electrons. The van der Waals surface area contributed by atoms with Crippen LogP contribution in [0.3, 0.4) is 0 Å². The van der Waals surface area contributed by atoms with Gasteiger partial charge in [-0.2, -0.15) is 0 Å². The van der Waals surface area contributed by atoms with Gasteiger partial charge in [-0.1, -0.05) is 6.92 Å². The molecule has 1 aromatic heterocycles. The number of nitrogens with zero attached hydrogens (tertiary/aromatic N) is 2. The van der Waals surface area contributed by atoms with Crippen LogP contribution in [0.4, 0.5) is 0 Å². The number of rotatable bonds is 3. The maximum Gasteiger partial charge on any atom is 0.326 e. The first-order chi connectivity index (χ1) is 8.15. The Morgan fingerprint density at radius 3 is 3.06 bits per heavy atom. The highest BCUT2D eigenvalue weighted by molar-refractivity contribution is 5.96. The summed E-state index contributed by atoms with van der Waals surface area (Å²) >= 11 is 0. The number of carbonyl (C=O) groups excluding carboxylic acids is 1. The smallest absolute Gasteiger partial charge is 0.326 e. The van der Waals surface area contributed by atoms with Crippen molar-refractivity contribution in [1.82, 2.24) is 9.88 Å². The molecule has 0 bridgehead atoms. The Morgan fingerprint density at radius 1 is 1.65 bits per heavy atom. The number of amides is 1. The Hall–Kier alpha value is -1.85. The van der Waals surface area contributed by atoms with E-state index in [1.165, 1.54) is 11.3 Å². The van der Waals surface area contributed by atoms with Gasteiger partial charge in [-0.25, -0.2) is 9.78 Å². The van der Waals surface area contributed by atoms with Crippen molar-refractivity contribution >= 4 is 11.9 Å². The van der Waals surface area contributed by atoms with Crippen molar-refractivity contribution < 1.29 is 19.1 Å². The lowest BCUT2D eigenvalue weighted by molar-refractivity contribution is -0.141. The molecule has 1 amide bonds. The maximum absolute atomic E-state index is 12.1. The lowest BCUT2D eigenvalue weighted by Crippen LogP contribution is -2.40. The number of aryl methyl sites for hydroxylation is 1. The summed E-state index contributed by atoms with van der Waals surface area (Å²) in [7, 11) is 0. The van der Waals surface area contributed by atoms with Crippen molar-refractivity contribution in [3.8, 4) is 0 Å². The number of carboxylic acid groups (broad SMARTS) is 1. The molecule has 2 rings (SSSR count). The van der Waals surface area contributed by atoms with Gasteiger partial charge in [0.25, 0.3) is 5.91 Å². The fourth-order valence-electron chi connectivity index (χ4n) is 2.10. The quantitative estimate of drug-likeness (QED) is 0.846. The molecule has 0 aliphatic carbocycles. The van der Waals surface area contributed by atoms with Crippen molar-refractivity contribution in [3.05, 3.63) is 17.8 Å². The monoisotopic (exact) mass is 238 g/mol. The molecule has 1 unspecified atom stereocenters. The van der Waals surface area contributed by atoms with Gasteiger partial charge in [-0.15, -0.1) is 0 Å². The molecule has 1 N–H and O–H groups in total. The first-order valence-corrected chi connectivity index (χ1v) is 5.61. The van der Waals surface area contributed by atoms with Crippen LogP contribution in [0.15, 0.2) is 10.8 Å². The Balaban J connectivity index is 2.23. The zero-order valence-corrected chi connectivity index (χ0v) is 9.55. The summed E-state index contributed by atoms with van der Waals surface area (Å²) in [6.45, 7) is 2.32.